The molecule has 1 fully saturated rings. The quantitative estimate of drug-likeness (QED) is 0.713. The number of nitrogens with one attached hydrogen (secondary N) is 1. The number of carbonyl (C=O) groups is 1. The maximum Gasteiger partial charge on any atom is 0.225 e. The van der Waals surface area contributed by atoms with Gasteiger partial charge in [-0.3, -0.25) is 4.79 Å². The molecule has 104 valence electrons. The molecule has 0 saturated heterocycles. The van der Waals surface area contributed by atoms with Crippen LogP contribution in [0.25, 0.3) is 0 Å². The Balaban J connectivity index is 2.02. The summed E-state index contributed by atoms with van der Waals surface area (Å²) >= 11 is 0. The Bertz CT molecular complexity index is 462. The third-order valence-corrected chi connectivity index (χ3v) is 4.13. The molecule has 1 aliphatic carbocycles. The number of phenolic OH excluding ortho intramolecular Hbond substituents is 1. The van der Waals surface area contributed by atoms with Crippen LogP contribution in [0.1, 0.15) is 38.2 Å². The molecule has 0 unspecified atom stereocenters. The topological polar surface area (TPSA) is 75.3 Å². The second kappa shape index (κ2) is 5.61. The van der Waals surface area contributed by atoms with Gasteiger partial charge in [0.15, 0.2) is 0 Å². The van der Waals surface area contributed by atoms with Gasteiger partial charge in [0.25, 0.3) is 0 Å². The molecule has 4 heteroatoms. The summed E-state index contributed by atoms with van der Waals surface area (Å²) in [6.45, 7) is 2.59. The molecular weight excluding hydrogens is 240 g/mol. The Morgan fingerprint density at radius 2 is 2.21 bits per heavy atom. The Labute approximate surface area is 114 Å². The summed E-state index contributed by atoms with van der Waals surface area (Å²) in [5.74, 6) is 0.0506. The van der Waals surface area contributed by atoms with Crippen molar-refractivity contribution >= 4 is 11.6 Å². The van der Waals surface area contributed by atoms with Crippen LogP contribution in [-0.4, -0.2) is 17.6 Å². The smallest absolute Gasteiger partial charge is 0.225 e. The fourth-order valence-corrected chi connectivity index (χ4v) is 2.57. The van der Waals surface area contributed by atoms with E-state index in [1.807, 2.05) is 19.1 Å². The van der Waals surface area contributed by atoms with Crippen molar-refractivity contribution in [3.8, 4) is 5.75 Å². The number of nitrogens with two attached hydrogens (primary N) is 1. The predicted molar refractivity (Wildman–Crippen MR) is 76.1 cm³/mol. The molecule has 1 amide bonds. The average Bonchev–Trinajstić information content (AvgIpc) is 2.36. The lowest BCUT2D eigenvalue weighted by molar-refractivity contribution is -0.119. The van der Waals surface area contributed by atoms with Crippen molar-refractivity contribution in [1.29, 1.82) is 0 Å². The Morgan fingerprint density at radius 3 is 2.74 bits per heavy atom. The van der Waals surface area contributed by atoms with Crippen LogP contribution in [0.3, 0.4) is 0 Å². The van der Waals surface area contributed by atoms with Crippen LogP contribution in [0.2, 0.25) is 0 Å². The molecule has 0 atom stereocenters. The molecule has 1 aromatic carbocycles. The minimum atomic E-state index is -0.0614. The average molecular weight is 262 g/mol. The summed E-state index contributed by atoms with van der Waals surface area (Å²) in [5, 5.41) is 12.6. The largest absolute Gasteiger partial charge is 0.506 e. The molecule has 4 nitrogen and oxygen atoms in total. The van der Waals surface area contributed by atoms with Crippen LogP contribution >= 0.6 is 0 Å². The Kier molecular flexibility index (Phi) is 4.10. The molecule has 1 aromatic rings. The number of rotatable bonds is 5. The fraction of sp³-hybridized carbons (Fsp3) is 0.533. The summed E-state index contributed by atoms with van der Waals surface area (Å²) in [7, 11) is 0. The molecule has 0 aliphatic heterocycles. The Morgan fingerprint density at radius 1 is 1.47 bits per heavy atom. The first-order chi connectivity index (χ1) is 9.08. The molecule has 0 spiro atoms. The number of carbonyl (C=O) groups excluding carboxylic acids is 1. The van der Waals surface area contributed by atoms with Crippen molar-refractivity contribution in [2.24, 2.45) is 11.1 Å². The minimum Gasteiger partial charge on any atom is -0.506 e. The molecular formula is C15H22N2O2. The maximum absolute atomic E-state index is 12.1. The normalized spacial score (nSPS) is 16.7. The summed E-state index contributed by atoms with van der Waals surface area (Å²) in [4.78, 5) is 12.1. The zero-order chi connectivity index (χ0) is 13.9. The van der Waals surface area contributed by atoms with Gasteiger partial charge in [0, 0.05) is 6.42 Å². The van der Waals surface area contributed by atoms with E-state index in [2.05, 4.69) is 5.32 Å². The molecule has 4 N–H and O–H groups in total. The highest BCUT2D eigenvalue weighted by Gasteiger charge is 2.37. The number of phenols is 1. The molecule has 19 heavy (non-hydrogen) atoms. The second-order valence-corrected chi connectivity index (χ2v) is 5.49. The van der Waals surface area contributed by atoms with Crippen molar-refractivity contribution in [3.05, 3.63) is 23.8 Å². The third kappa shape index (κ3) is 3.07. The van der Waals surface area contributed by atoms with Crippen LogP contribution in [0.5, 0.6) is 5.75 Å². The standard InChI is InChI=1S/C15H22N2O2/c1-2-11-4-5-13(18)12(8-11)17-14(19)9-15(10-16)6-3-7-15/h4-5,8,18H,2-3,6-7,9-10,16H2,1H3,(H,17,19). The molecule has 0 heterocycles. The number of anilines is 1. The highest BCUT2D eigenvalue weighted by atomic mass is 16.3. The highest BCUT2D eigenvalue weighted by molar-refractivity contribution is 5.92. The van der Waals surface area contributed by atoms with E-state index < -0.39 is 0 Å². The first-order valence-electron chi connectivity index (χ1n) is 6.90. The van der Waals surface area contributed by atoms with Gasteiger partial charge in [-0.25, -0.2) is 0 Å². The summed E-state index contributed by atoms with van der Waals surface area (Å²) < 4.78 is 0. The lowest BCUT2D eigenvalue weighted by atomic mass is 9.66. The lowest BCUT2D eigenvalue weighted by Gasteiger charge is -2.40. The summed E-state index contributed by atoms with van der Waals surface area (Å²) in [6, 6.07) is 5.30. The van der Waals surface area contributed by atoms with Gasteiger partial charge in [0.05, 0.1) is 5.69 Å². The molecule has 1 aliphatic rings. The number of benzene rings is 1. The molecule has 0 bridgehead atoms. The second-order valence-electron chi connectivity index (χ2n) is 5.49. The van der Waals surface area contributed by atoms with Crippen molar-refractivity contribution in [3.63, 3.8) is 0 Å². The molecule has 2 rings (SSSR count). The maximum atomic E-state index is 12.1. The van der Waals surface area contributed by atoms with E-state index in [1.165, 1.54) is 0 Å². The fourth-order valence-electron chi connectivity index (χ4n) is 2.57. The summed E-state index contributed by atoms with van der Waals surface area (Å²) in [6.07, 6.45) is 4.52. The monoisotopic (exact) mass is 262 g/mol. The van der Waals surface area contributed by atoms with Gasteiger partial charge in [0.1, 0.15) is 5.75 Å². The first kappa shape index (κ1) is 13.9. The SMILES string of the molecule is CCc1ccc(O)c(NC(=O)CC2(CN)CCC2)c1. The van der Waals surface area contributed by atoms with E-state index in [9.17, 15) is 9.90 Å². The Hall–Kier alpha value is -1.55. The number of amides is 1. The van der Waals surface area contributed by atoms with Crippen molar-refractivity contribution in [1.82, 2.24) is 0 Å². The lowest BCUT2D eigenvalue weighted by Crippen LogP contribution is -2.40. The van der Waals surface area contributed by atoms with Crippen molar-refractivity contribution < 1.29 is 9.90 Å². The number of aryl methyl sites for hydroxylation is 1. The van der Waals surface area contributed by atoms with Gasteiger partial charge < -0.3 is 16.2 Å². The van der Waals surface area contributed by atoms with Crippen LogP contribution in [0, 0.1) is 5.41 Å². The van der Waals surface area contributed by atoms with Crippen LogP contribution in [-0.2, 0) is 11.2 Å². The van der Waals surface area contributed by atoms with E-state index >= 15 is 0 Å². The van der Waals surface area contributed by atoms with E-state index in [4.69, 9.17) is 5.73 Å². The number of hydrogen-bond donors (Lipinski definition) is 3. The van der Waals surface area contributed by atoms with Gasteiger partial charge in [-0.1, -0.05) is 19.4 Å². The third-order valence-electron chi connectivity index (χ3n) is 4.13. The van der Waals surface area contributed by atoms with Gasteiger partial charge in [0.2, 0.25) is 5.91 Å². The van der Waals surface area contributed by atoms with Gasteiger partial charge in [-0.15, -0.1) is 0 Å². The van der Waals surface area contributed by atoms with Crippen molar-refractivity contribution in [2.45, 2.75) is 39.0 Å². The molecule has 0 aromatic heterocycles. The van der Waals surface area contributed by atoms with Crippen LogP contribution < -0.4 is 11.1 Å². The summed E-state index contributed by atoms with van der Waals surface area (Å²) in [5.41, 5.74) is 7.33. The van der Waals surface area contributed by atoms with Crippen molar-refractivity contribution in [2.75, 3.05) is 11.9 Å². The van der Waals surface area contributed by atoms with Crippen LogP contribution in [0.15, 0.2) is 18.2 Å². The van der Waals surface area contributed by atoms with E-state index in [1.54, 1.807) is 6.07 Å². The minimum absolute atomic E-state index is 0.0118. The van der Waals surface area contributed by atoms with Crippen LogP contribution in [0.4, 0.5) is 5.69 Å². The first-order valence-corrected chi connectivity index (χ1v) is 6.90. The number of hydrogen-bond acceptors (Lipinski definition) is 3. The molecule has 1 saturated carbocycles. The zero-order valence-electron chi connectivity index (χ0n) is 11.4. The van der Waals surface area contributed by atoms with E-state index in [-0.39, 0.29) is 17.1 Å². The van der Waals surface area contributed by atoms with Gasteiger partial charge >= 0.3 is 0 Å². The highest BCUT2D eigenvalue weighted by Crippen LogP contribution is 2.43. The molecule has 0 radical (unpaired) electrons. The van der Waals surface area contributed by atoms with Gasteiger partial charge in [-0.2, -0.15) is 0 Å². The number of aromatic hydroxyl groups is 1. The van der Waals surface area contributed by atoms with E-state index in [0.717, 1.165) is 31.2 Å². The zero-order valence-corrected chi connectivity index (χ0v) is 11.4. The van der Waals surface area contributed by atoms with E-state index in [0.29, 0.717) is 18.7 Å². The predicted octanol–water partition coefficient (Wildman–Crippen LogP) is 2.41. The van der Waals surface area contributed by atoms with Gasteiger partial charge in [-0.05, 0) is 48.9 Å².